The molecular weight excluding hydrogens is 622 g/mol. The summed E-state index contributed by atoms with van der Waals surface area (Å²) in [4.78, 5) is 56.5. The minimum absolute atomic E-state index is 0.0328. The number of piperidine rings is 1. The molecule has 3 amide bonds. The van der Waals surface area contributed by atoms with Crippen LogP contribution in [-0.2, 0) is 22.6 Å². The first-order valence-corrected chi connectivity index (χ1v) is 16.3. The lowest BCUT2D eigenvalue weighted by Gasteiger charge is -2.35. The van der Waals surface area contributed by atoms with Crippen LogP contribution in [-0.4, -0.2) is 60.0 Å². The van der Waals surface area contributed by atoms with Crippen LogP contribution in [0.15, 0.2) is 75.9 Å². The largest absolute Gasteiger partial charge is 0.454 e. The number of carbonyl (C=O) groups excluding carboxylic acids is 3. The monoisotopic (exact) mass is 655 g/mol. The Morgan fingerprint density at radius 3 is 2.43 bits per heavy atom. The van der Waals surface area contributed by atoms with Gasteiger partial charge in [-0.05, 0) is 60.1 Å². The number of amides is 3. The molecule has 4 heterocycles. The van der Waals surface area contributed by atoms with Crippen LogP contribution < -0.4 is 20.2 Å². The zero-order chi connectivity index (χ0) is 32.5. The van der Waals surface area contributed by atoms with Crippen LogP contribution >= 0.6 is 11.6 Å². The van der Waals surface area contributed by atoms with Crippen molar-refractivity contribution in [3.8, 4) is 11.5 Å². The van der Waals surface area contributed by atoms with Gasteiger partial charge in [-0.2, -0.15) is 0 Å². The molecule has 3 aliphatic rings. The van der Waals surface area contributed by atoms with Gasteiger partial charge in [0.1, 0.15) is 11.6 Å². The van der Waals surface area contributed by atoms with Crippen molar-refractivity contribution >= 4 is 40.3 Å². The Morgan fingerprint density at radius 2 is 1.68 bits per heavy atom. The quantitative estimate of drug-likeness (QED) is 0.282. The van der Waals surface area contributed by atoms with E-state index in [2.05, 4.69) is 17.4 Å². The molecule has 2 saturated heterocycles. The van der Waals surface area contributed by atoms with E-state index < -0.39 is 17.4 Å². The maximum Gasteiger partial charge on any atom is 0.287 e. The summed E-state index contributed by atoms with van der Waals surface area (Å²) in [5.41, 5.74) is 2.97. The number of carbonyl (C=O) groups is 3. The molecule has 11 heteroatoms. The summed E-state index contributed by atoms with van der Waals surface area (Å²) >= 11 is 6.10. The molecule has 1 aromatic heterocycles. The lowest BCUT2D eigenvalue weighted by Crippen LogP contribution is -2.51. The van der Waals surface area contributed by atoms with E-state index in [1.807, 2.05) is 29.2 Å². The topological polar surface area (TPSA) is 118 Å². The Bertz CT molecular complexity index is 1900. The molecular formula is C36H34ClN3O7. The van der Waals surface area contributed by atoms with Crippen molar-refractivity contribution in [2.75, 3.05) is 26.4 Å². The van der Waals surface area contributed by atoms with Gasteiger partial charge in [-0.25, -0.2) is 0 Å². The second kappa shape index (κ2) is 13.1. The Morgan fingerprint density at radius 1 is 0.936 bits per heavy atom. The number of likely N-dealkylation sites (tertiary alicyclic amines) is 2. The van der Waals surface area contributed by atoms with Gasteiger partial charge in [-0.3, -0.25) is 19.2 Å². The second-order valence-corrected chi connectivity index (χ2v) is 12.7. The molecule has 1 N–H and O–H groups in total. The predicted molar refractivity (Wildman–Crippen MR) is 175 cm³/mol. The SMILES string of the molecule is O=C(N[C@@H](Cc1ccc(Cl)cc1)C(=O)N1CCC(c2ccccc2CN2CCCC2=O)CC1)c1cc(=O)c2cc3c(cc2o1)OCO3. The zero-order valence-electron chi connectivity index (χ0n) is 25.7. The van der Waals surface area contributed by atoms with Gasteiger partial charge in [0.05, 0.1) is 5.39 Å². The summed E-state index contributed by atoms with van der Waals surface area (Å²) in [6.07, 6.45) is 3.25. The van der Waals surface area contributed by atoms with Gasteiger partial charge in [0.2, 0.25) is 18.6 Å². The van der Waals surface area contributed by atoms with Crippen molar-refractivity contribution in [3.05, 3.63) is 104 Å². The number of nitrogens with one attached hydrogen (secondary N) is 1. The van der Waals surface area contributed by atoms with Crippen molar-refractivity contribution in [1.82, 2.24) is 15.1 Å². The fraction of sp³-hybridized carbons (Fsp3) is 0.333. The van der Waals surface area contributed by atoms with Gasteiger partial charge in [0.25, 0.3) is 5.91 Å². The van der Waals surface area contributed by atoms with E-state index in [4.69, 9.17) is 25.5 Å². The first-order valence-electron chi connectivity index (χ1n) is 15.9. The highest BCUT2D eigenvalue weighted by atomic mass is 35.5. The average molecular weight is 656 g/mol. The van der Waals surface area contributed by atoms with E-state index in [1.165, 1.54) is 17.7 Å². The summed E-state index contributed by atoms with van der Waals surface area (Å²) in [5, 5.41) is 3.67. The van der Waals surface area contributed by atoms with Crippen molar-refractivity contribution in [3.63, 3.8) is 0 Å². The first-order chi connectivity index (χ1) is 22.8. The molecule has 0 aliphatic carbocycles. The Labute approximate surface area is 276 Å². The highest BCUT2D eigenvalue weighted by molar-refractivity contribution is 6.30. The van der Waals surface area contributed by atoms with E-state index in [-0.39, 0.29) is 47.7 Å². The van der Waals surface area contributed by atoms with Crippen molar-refractivity contribution in [2.24, 2.45) is 0 Å². The van der Waals surface area contributed by atoms with Crippen LogP contribution in [0.1, 0.15) is 58.8 Å². The summed E-state index contributed by atoms with van der Waals surface area (Å²) < 4.78 is 16.6. The minimum Gasteiger partial charge on any atom is -0.454 e. The van der Waals surface area contributed by atoms with E-state index in [1.54, 1.807) is 17.0 Å². The maximum absolute atomic E-state index is 14.0. The summed E-state index contributed by atoms with van der Waals surface area (Å²) in [6, 6.07) is 18.7. The number of halogens is 1. The average Bonchev–Trinajstić information content (AvgIpc) is 3.72. The molecule has 47 heavy (non-hydrogen) atoms. The van der Waals surface area contributed by atoms with Gasteiger partial charge in [-0.1, -0.05) is 48.0 Å². The summed E-state index contributed by atoms with van der Waals surface area (Å²) in [5.74, 6) is 0.212. The first kappa shape index (κ1) is 30.8. The van der Waals surface area contributed by atoms with E-state index in [0.29, 0.717) is 42.6 Å². The molecule has 2 fully saturated rings. The van der Waals surface area contributed by atoms with Gasteiger partial charge in [0.15, 0.2) is 22.7 Å². The van der Waals surface area contributed by atoms with Crippen molar-refractivity contribution < 1.29 is 28.3 Å². The summed E-state index contributed by atoms with van der Waals surface area (Å²) in [6.45, 7) is 2.47. The Kier molecular flexibility index (Phi) is 8.60. The minimum atomic E-state index is -0.911. The zero-order valence-corrected chi connectivity index (χ0v) is 26.5. The third-order valence-electron chi connectivity index (χ3n) is 9.24. The highest BCUT2D eigenvalue weighted by Gasteiger charge is 2.32. The molecule has 0 bridgehead atoms. The molecule has 7 rings (SSSR count). The number of rotatable bonds is 8. The van der Waals surface area contributed by atoms with Crippen molar-refractivity contribution in [2.45, 2.75) is 50.6 Å². The highest BCUT2D eigenvalue weighted by Crippen LogP contribution is 2.35. The normalized spacial score (nSPS) is 16.9. The fourth-order valence-electron chi connectivity index (χ4n) is 6.73. The molecule has 10 nitrogen and oxygen atoms in total. The lowest BCUT2D eigenvalue weighted by molar-refractivity contribution is -0.134. The standard InChI is InChI=1S/C36H34ClN3O7/c37-25-9-7-22(8-10-25)16-28(38-35(43)33-18-29(41)27-17-31-32(46-21-45-31)19-30(27)47-33)36(44)39-14-11-23(12-15-39)26-5-2-1-4-24(26)20-40-13-3-6-34(40)42/h1-2,4-5,7-10,17-19,23,28H,3,6,11-16,20-21H2,(H,38,43)/t28-/m0/s1. The third-order valence-corrected chi connectivity index (χ3v) is 9.49. The summed E-state index contributed by atoms with van der Waals surface area (Å²) in [7, 11) is 0. The lowest BCUT2D eigenvalue weighted by atomic mass is 9.86. The number of fused-ring (bicyclic) bond motifs is 2. The number of nitrogens with zero attached hydrogens (tertiary/aromatic N) is 2. The number of hydrogen-bond acceptors (Lipinski definition) is 7. The van der Waals surface area contributed by atoms with Gasteiger partial charge in [0, 0.05) is 56.2 Å². The molecule has 3 aliphatic heterocycles. The van der Waals surface area contributed by atoms with E-state index in [9.17, 15) is 19.2 Å². The van der Waals surface area contributed by atoms with Crippen LogP contribution in [0.25, 0.3) is 11.0 Å². The number of benzene rings is 3. The molecule has 4 aromatic rings. The predicted octanol–water partition coefficient (Wildman–Crippen LogP) is 5.04. The van der Waals surface area contributed by atoms with E-state index >= 15 is 0 Å². The maximum atomic E-state index is 14.0. The molecule has 0 spiro atoms. The van der Waals surface area contributed by atoms with Crippen LogP contribution in [0, 0.1) is 0 Å². The smallest absolute Gasteiger partial charge is 0.287 e. The van der Waals surface area contributed by atoms with Crippen LogP contribution in [0.3, 0.4) is 0 Å². The Hall–Kier alpha value is -4.83. The molecule has 0 saturated carbocycles. The van der Waals surface area contributed by atoms with Gasteiger partial charge < -0.3 is 29.0 Å². The molecule has 0 unspecified atom stereocenters. The molecule has 0 radical (unpaired) electrons. The van der Waals surface area contributed by atoms with Crippen molar-refractivity contribution in [1.29, 1.82) is 0 Å². The van der Waals surface area contributed by atoms with Crippen LogP contribution in [0.4, 0.5) is 0 Å². The van der Waals surface area contributed by atoms with Crippen LogP contribution in [0.2, 0.25) is 5.02 Å². The molecule has 3 aromatic carbocycles. The fourth-order valence-corrected chi connectivity index (χ4v) is 6.85. The number of hydrogen-bond donors (Lipinski definition) is 1. The number of ether oxygens (including phenoxy) is 2. The van der Waals surface area contributed by atoms with Gasteiger partial charge in [-0.15, -0.1) is 0 Å². The van der Waals surface area contributed by atoms with E-state index in [0.717, 1.165) is 43.0 Å². The van der Waals surface area contributed by atoms with Gasteiger partial charge >= 0.3 is 0 Å². The molecule has 242 valence electrons. The Balaban J connectivity index is 1.08. The molecule has 1 atom stereocenters. The van der Waals surface area contributed by atoms with Crippen LogP contribution in [0.5, 0.6) is 11.5 Å². The second-order valence-electron chi connectivity index (χ2n) is 12.3. The third kappa shape index (κ3) is 6.55.